The van der Waals surface area contributed by atoms with E-state index in [2.05, 4.69) is 32.2 Å². The van der Waals surface area contributed by atoms with Gasteiger partial charge in [-0.15, -0.1) is 12.3 Å². The van der Waals surface area contributed by atoms with E-state index < -0.39 is 0 Å². The first-order valence-corrected chi connectivity index (χ1v) is 4.83. The van der Waals surface area contributed by atoms with Crippen LogP contribution in [0, 0.1) is 19.3 Å². The van der Waals surface area contributed by atoms with E-state index >= 15 is 0 Å². The van der Waals surface area contributed by atoms with Gasteiger partial charge >= 0.3 is 0 Å². The lowest BCUT2D eigenvalue weighted by Crippen LogP contribution is -2.03. The smallest absolute Gasteiger partial charge is 0.140 e. The Kier molecular flexibility index (Phi) is 3.78. The van der Waals surface area contributed by atoms with Gasteiger partial charge in [-0.1, -0.05) is 0 Å². The highest BCUT2D eigenvalue weighted by molar-refractivity contribution is 9.10. The highest BCUT2D eigenvalue weighted by atomic mass is 79.9. The summed E-state index contributed by atoms with van der Waals surface area (Å²) in [6.07, 6.45) is 7.62. The van der Waals surface area contributed by atoms with E-state index in [1.54, 1.807) is 6.20 Å². The van der Waals surface area contributed by atoms with E-state index in [-0.39, 0.29) is 0 Å². The summed E-state index contributed by atoms with van der Waals surface area (Å²) in [6, 6.07) is 1.95. The molecule has 0 saturated carbocycles. The largest absolute Gasteiger partial charge is 0.368 e. The third-order valence-electron chi connectivity index (χ3n) is 1.64. The van der Waals surface area contributed by atoms with E-state index in [4.69, 9.17) is 6.42 Å². The second-order valence-electron chi connectivity index (χ2n) is 2.67. The quantitative estimate of drug-likeness (QED) is 0.647. The lowest BCUT2D eigenvalue weighted by molar-refractivity contribution is 1.06. The maximum atomic E-state index is 5.14. The predicted octanol–water partition coefficient (Wildman–Crippen LogP) is 2.59. The Labute approximate surface area is 86.9 Å². The number of halogens is 1. The molecule has 0 fully saturated rings. The van der Waals surface area contributed by atoms with Crippen LogP contribution in [0.5, 0.6) is 0 Å². The number of terminal acetylenes is 1. The van der Waals surface area contributed by atoms with Crippen molar-refractivity contribution < 1.29 is 0 Å². The number of anilines is 1. The molecule has 1 aromatic heterocycles. The second kappa shape index (κ2) is 4.88. The zero-order valence-corrected chi connectivity index (χ0v) is 9.06. The molecule has 1 N–H and O–H groups in total. The molecule has 0 radical (unpaired) electrons. The van der Waals surface area contributed by atoms with Crippen molar-refractivity contribution in [3.63, 3.8) is 0 Å². The first-order valence-electron chi connectivity index (χ1n) is 4.04. The Bertz CT molecular complexity index is 328. The van der Waals surface area contributed by atoms with Gasteiger partial charge in [-0.2, -0.15) is 0 Å². The minimum absolute atomic E-state index is 0.710. The normalized spacial score (nSPS) is 9.31. The van der Waals surface area contributed by atoms with Gasteiger partial charge in [0.25, 0.3) is 0 Å². The molecule has 0 saturated heterocycles. The SMILES string of the molecule is C#CCCNc1nccc(C)c1Br. The third-order valence-corrected chi connectivity index (χ3v) is 2.65. The van der Waals surface area contributed by atoms with Gasteiger partial charge in [-0.3, -0.25) is 0 Å². The molecule has 1 aromatic rings. The molecule has 13 heavy (non-hydrogen) atoms. The van der Waals surface area contributed by atoms with Gasteiger partial charge in [-0.05, 0) is 34.5 Å². The van der Waals surface area contributed by atoms with E-state index in [1.807, 2.05) is 13.0 Å². The van der Waals surface area contributed by atoms with Gasteiger partial charge < -0.3 is 5.32 Å². The van der Waals surface area contributed by atoms with Crippen molar-refractivity contribution in [1.29, 1.82) is 0 Å². The van der Waals surface area contributed by atoms with Crippen LogP contribution in [-0.4, -0.2) is 11.5 Å². The number of hydrogen-bond acceptors (Lipinski definition) is 2. The number of rotatable bonds is 3. The number of hydrogen-bond donors (Lipinski definition) is 1. The molecule has 0 amide bonds. The van der Waals surface area contributed by atoms with Crippen molar-refractivity contribution in [3.8, 4) is 12.3 Å². The van der Waals surface area contributed by atoms with Crippen LogP contribution in [0.3, 0.4) is 0 Å². The molecule has 3 heteroatoms. The van der Waals surface area contributed by atoms with Crippen LogP contribution < -0.4 is 5.32 Å². The van der Waals surface area contributed by atoms with Crippen molar-refractivity contribution in [2.24, 2.45) is 0 Å². The summed E-state index contributed by atoms with van der Waals surface area (Å²) in [7, 11) is 0. The molecular weight excluding hydrogens is 228 g/mol. The van der Waals surface area contributed by atoms with Crippen LogP contribution in [0.15, 0.2) is 16.7 Å². The van der Waals surface area contributed by atoms with Gasteiger partial charge in [0, 0.05) is 19.2 Å². The lowest BCUT2D eigenvalue weighted by Gasteiger charge is -2.06. The molecule has 0 aliphatic carbocycles. The number of nitrogens with one attached hydrogen (secondary N) is 1. The summed E-state index contributed by atoms with van der Waals surface area (Å²) in [5.41, 5.74) is 1.17. The molecule has 1 rings (SSSR count). The predicted molar refractivity (Wildman–Crippen MR) is 58.6 cm³/mol. The Balaban J connectivity index is 2.67. The minimum Gasteiger partial charge on any atom is -0.368 e. The summed E-state index contributed by atoms with van der Waals surface area (Å²) in [4.78, 5) is 4.18. The highest BCUT2D eigenvalue weighted by Gasteiger charge is 2.01. The molecule has 1 heterocycles. The molecule has 0 atom stereocenters. The molecule has 0 spiro atoms. The number of aryl methyl sites for hydroxylation is 1. The van der Waals surface area contributed by atoms with Crippen molar-refractivity contribution in [1.82, 2.24) is 4.98 Å². The second-order valence-corrected chi connectivity index (χ2v) is 3.46. The number of aromatic nitrogens is 1. The molecule has 0 aliphatic rings. The van der Waals surface area contributed by atoms with Gasteiger partial charge in [0.05, 0.1) is 4.47 Å². The molecule has 0 aliphatic heterocycles. The van der Waals surface area contributed by atoms with E-state index in [0.717, 1.165) is 16.8 Å². The zero-order valence-electron chi connectivity index (χ0n) is 7.47. The molecule has 0 aromatic carbocycles. The minimum atomic E-state index is 0.710. The van der Waals surface area contributed by atoms with Crippen LogP contribution in [0.25, 0.3) is 0 Å². The summed E-state index contributed by atoms with van der Waals surface area (Å²) in [6.45, 7) is 2.78. The Morgan fingerprint density at radius 3 is 3.15 bits per heavy atom. The summed E-state index contributed by atoms with van der Waals surface area (Å²) in [5, 5.41) is 3.15. The first kappa shape index (κ1) is 10.1. The number of nitrogens with zero attached hydrogens (tertiary/aromatic N) is 1. The lowest BCUT2D eigenvalue weighted by atomic mass is 10.3. The molecule has 68 valence electrons. The van der Waals surface area contributed by atoms with E-state index in [0.29, 0.717) is 6.42 Å². The molecule has 0 bridgehead atoms. The van der Waals surface area contributed by atoms with Crippen molar-refractivity contribution in [2.45, 2.75) is 13.3 Å². The average molecular weight is 239 g/mol. The van der Waals surface area contributed by atoms with Crippen LogP contribution >= 0.6 is 15.9 Å². The Morgan fingerprint density at radius 2 is 2.46 bits per heavy atom. The maximum absolute atomic E-state index is 5.14. The van der Waals surface area contributed by atoms with Gasteiger partial charge in [0.2, 0.25) is 0 Å². The fraction of sp³-hybridized carbons (Fsp3) is 0.300. The highest BCUT2D eigenvalue weighted by Crippen LogP contribution is 2.22. The van der Waals surface area contributed by atoms with Gasteiger partial charge in [0.15, 0.2) is 0 Å². The molecular formula is C10H11BrN2. The van der Waals surface area contributed by atoms with Crippen molar-refractivity contribution in [3.05, 3.63) is 22.3 Å². The average Bonchev–Trinajstić information content (AvgIpc) is 2.13. The van der Waals surface area contributed by atoms with Crippen molar-refractivity contribution in [2.75, 3.05) is 11.9 Å². The monoisotopic (exact) mass is 238 g/mol. The fourth-order valence-electron chi connectivity index (χ4n) is 0.917. The number of pyridine rings is 1. The van der Waals surface area contributed by atoms with E-state index in [9.17, 15) is 0 Å². The molecule has 2 nitrogen and oxygen atoms in total. The van der Waals surface area contributed by atoms with Gasteiger partial charge in [-0.25, -0.2) is 4.98 Å². The van der Waals surface area contributed by atoms with Crippen LogP contribution in [-0.2, 0) is 0 Å². The topological polar surface area (TPSA) is 24.9 Å². The summed E-state index contributed by atoms with van der Waals surface area (Å²) in [5.74, 6) is 3.42. The van der Waals surface area contributed by atoms with Gasteiger partial charge in [0.1, 0.15) is 5.82 Å². The third kappa shape index (κ3) is 2.74. The standard InChI is InChI=1S/C10H11BrN2/c1-3-4-6-12-10-9(11)8(2)5-7-13-10/h1,5,7H,4,6H2,2H3,(H,12,13). The fourth-order valence-corrected chi connectivity index (χ4v) is 1.29. The summed E-state index contributed by atoms with van der Waals surface area (Å²) >= 11 is 3.46. The van der Waals surface area contributed by atoms with Crippen LogP contribution in [0.2, 0.25) is 0 Å². The maximum Gasteiger partial charge on any atom is 0.140 e. The first-order chi connectivity index (χ1) is 6.25. The Hall–Kier alpha value is -1.01. The van der Waals surface area contributed by atoms with E-state index in [1.165, 1.54) is 5.56 Å². The van der Waals surface area contributed by atoms with Crippen LogP contribution in [0.1, 0.15) is 12.0 Å². The summed E-state index contributed by atoms with van der Waals surface area (Å²) < 4.78 is 1.01. The molecule has 0 unspecified atom stereocenters. The zero-order chi connectivity index (χ0) is 9.68. The van der Waals surface area contributed by atoms with Crippen molar-refractivity contribution >= 4 is 21.7 Å². The Morgan fingerprint density at radius 1 is 1.69 bits per heavy atom. The van der Waals surface area contributed by atoms with Crippen LogP contribution in [0.4, 0.5) is 5.82 Å².